The van der Waals surface area contributed by atoms with E-state index in [9.17, 15) is 0 Å². The molecule has 1 aromatic rings. The van der Waals surface area contributed by atoms with Crippen molar-refractivity contribution < 1.29 is 4.57 Å². The Labute approximate surface area is 202 Å². The summed E-state index contributed by atoms with van der Waals surface area (Å²) in [4.78, 5) is 0. The average molecular weight is 445 g/mol. The molecule has 0 amide bonds. The Hall–Kier alpha value is -0.850. The molecule has 0 radical (unpaired) electrons. The van der Waals surface area contributed by atoms with Crippen LogP contribution in [0.5, 0.6) is 0 Å². The standard InChI is InChI=1S/C31H58N/c1-3-5-7-9-11-13-14-15-16-17-18-19-21-23-25-31-26-29-32(30-27-31)28-24-22-20-12-10-8-6-4-2/h26-27,29-30H,3-25,28H2,1-2H3/q+1. The molecule has 0 bridgehead atoms. The number of hydrogen-bond acceptors (Lipinski definition) is 0. The minimum Gasteiger partial charge on any atom is -0.205 e. The van der Waals surface area contributed by atoms with Gasteiger partial charge in [-0.15, -0.1) is 0 Å². The van der Waals surface area contributed by atoms with Crippen LogP contribution in [-0.4, -0.2) is 0 Å². The van der Waals surface area contributed by atoms with Crippen molar-refractivity contribution in [2.24, 2.45) is 0 Å². The van der Waals surface area contributed by atoms with E-state index in [1.807, 2.05) is 0 Å². The molecule has 0 N–H and O–H groups in total. The van der Waals surface area contributed by atoms with Crippen LogP contribution >= 0.6 is 0 Å². The number of pyridine rings is 1. The van der Waals surface area contributed by atoms with Gasteiger partial charge >= 0.3 is 0 Å². The summed E-state index contributed by atoms with van der Waals surface area (Å²) in [5, 5.41) is 0. The third-order valence-electron chi connectivity index (χ3n) is 7.05. The van der Waals surface area contributed by atoms with E-state index in [0.29, 0.717) is 0 Å². The normalized spacial score (nSPS) is 11.3. The summed E-state index contributed by atoms with van der Waals surface area (Å²) in [6.07, 6.45) is 37.3. The van der Waals surface area contributed by atoms with Crippen LogP contribution in [0.15, 0.2) is 24.5 Å². The predicted molar refractivity (Wildman–Crippen MR) is 143 cm³/mol. The third-order valence-corrected chi connectivity index (χ3v) is 7.05. The van der Waals surface area contributed by atoms with Gasteiger partial charge in [0, 0.05) is 18.6 Å². The van der Waals surface area contributed by atoms with Crippen LogP contribution in [0.1, 0.15) is 161 Å². The van der Waals surface area contributed by atoms with Gasteiger partial charge in [-0.05, 0) is 24.8 Å². The van der Waals surface area contributed by atoms with Crippen molar-refractivity contribution in [3.8, 4) is 0 Å². The molecule has 0 saturated heterocycles. The summed E-state index contributed by atoms with van der Waals surface area (Å²) in [6, 6.07) is 4.71. The Morgan fingerprint density at radius 2 is 0.781 bits per heavy atom. The highest BCUT2D eigenvalue weighted by molar-refractivity contribution is 5.07. The molecule has 0 aliphatic carbocycles. The summed E-state index contributed by atoms with van der Waals surface area (Å²) in [5.41, 5.74) is 1.52. The second-order valence-electron chi connectivity index (χ2n) is 10.3. The Morgan fingerprint density at radius 3 is 1.19 bits per heavy atom. The molecule has 32 heavy (non-hydrogen) atoms. The highest BCUT2D eigenvalue weighted by Gasteiger charge is 2.02. The second-order valence-corrected chi connectivity index (χ2v) is 10.3. The van der Waals surface area contributed by atoms with Gasteiger partial charge in [-0.25, -0.2) is 4.57 Å². The molecule has 0 unspecified atom stereocenters. The summed E-state index contributed by atoms with van der Waals surface area (Å²) in [5.74, 6) is 0. The average Bonchev–Trinajstić information content (AvgIpc) is 2.82. The van der Waals surface area contributed by atoms with E-state index in [-0.39, 0.29) is 0 Å². The van der Waals surface area contributed by atoms with Crippen LogP contribution in [0.2, 0.25) is 0 Å². The van der Waals surface area contributed by atoms with E-state index in [4.69, 9.17) is 0 Å². The lowest BCUT2D eigenvalue weighted by atomic mass is 10.0. The van der Waals surface area contributed by atoms with Gasteiger partial charge in [0.25, 0.3) is 0 Å². The molecule has 1 rings (SSSR count). The molecule has 0 atom stereocenters. The van der Waals surface area contributed by atoms with Crippen LogP contribution < -0.4 is 4.57 Å². The van der Waals surface area contributed by atoms with Gasteiger partial charge in [0.2, 0.25) is 0 Å². The SMILES string of the molecule is CCCCCCCCCCCCCCCCc1cc[n+](CCCCCCCCCC)cc1. The molecule has 1 heteroatoms. The minimum absolute atomic E-state index is 1.19. The summed E-state index contributed by atoms with van der Waals surface area (Å²) >= 11 is 0. The minimum atomic E-state index is 1.19. The molecule has 0 aromatic carbocycles. The highest BCUT2D eigenvalue weighted by atomic mass is 14.9. The van der Waals surface area contributed by atoms with Gasteiger partial charge in [0.15, 0.2) is 12.4 Å². The maximum absolute atomic E-state index is 2.38. The Bertz CT molecular complexity index is 478. The smallest absolute Gasteiger partial charge is 0.169 e. The number of aromatic nitrogens is 1. The van der Waals surface area contributed by atoms with Gasteiger partial charge in [-0.3, -0.25) is 0 Å². The first-order chi connectivity index (χ1) is 15.9. The lowest BCUT2D eigenvalue weighted by Gasteiger charge is -2.04. The van der Waals surface area contributed by atoms with E-state index in [1.165, 1.54) is 160 Å². The first kappa shape index (κ1) is 29.2. The fraction of sp³-hybridized carbons (Fsp3) is 0.839. The molecule has 0 fully saturated rings. The van der Waals surface area contributed by atoms with E-state index >= 15 is 0 Å². The first-order valence-corrected chi connectivity index (χ1v) is 14.8. The zero-order valence-corrected chi connectivity index (χ0v) is 22.2. The fourth-order valence-electron chi connectivity index (χ4n) is 4.76. The lowest BCUT2D eigenvalue weighted by Crippen LogP contribution is -2.32. The molecule has 186 valence electrons. The predicted octanol–water partition coefficient (Wildman–Crippen LogP) is 10.1. The van der Waals surface area contributed by atoms with Crippen molar-refractivity contribution in [1.29, 1.82) is 0 Å². The van der Waals surface area contributed by atoms with Crippen molar-refractivity contribution >= 4 is 0 Å². The van der Waals surface area contributed by atoms with Crippen LogP contribution in [0, 0.1) is 0 Å². The largest absolute Gasteiger partial charge is 0.205 e. The molecule has 1 aromatic heterocycles. The van der Waals surface area contributed by atoms with Gasteiger partial charge in [-0.2, -0.15) is 0 Å². The molecular formula is C31H58N+. The first-order valence-electron chi connectivity index (χ1n) is 14.8. The Kier molecular flexibility index (Phi) is 21.3. The van der Waals surface area contributed by atoms with Crippen molar-refractivity contribution in [3.63, 3.8) is 0 Å². The van der Waals surface area contributed by atoms with Gasteiger partial charge in [-0.1, -0.05) is 136 Å². The van der Waals surface area contributed by atoms with Crippen molar-refractivity contribution in [1.82, 2.24) is 0 Å². The summed E-state index contributed by atoms with van der Waals surface area (Å²) in [7, 11) is 0. The number of unbranched alkanes of at least 4 members (excludes halogenated alkanes) is 20. The number of nitrogens with zero attached hydrogens (tertiary/aromatic N) is 1. The van der Waals surface area contributed by atoms with E-state index < -0.39 is 0 Å². The van der Waals surface area contributed by atoms with Crippen molar-refractivity contribution in [3.05, 3.63) is 30.1 Å². The van der Waals surface area contributed by atoms with Crippen LogP contribution in [-0.2, 0) is 13.0 Å². The highest BCUT2D eigenvalue weighted by Crippen LogP contribution is 2.14. The maximum Gasteiger partial charge on any atom is 0.169 e. The summed E-state index contributed by atoms with van der Waals surface area (Å²) in [6.45, 7) is 5.78. The second kappa shape index (κ2) is 23.3. The van der Waals surface area contributed by atoms with Crippen molar-refractivity contribution in [2.45, 2.75) is 168 Å². The quantitative estimate of drug-likeness (QED) is 0.110. The van der Waals surface area contributed by atoms with Gasteiger partial charge in [0.1, 0.15) is 6.54 Å². The van der Waals surface area contributed by atoms with Crippen LogP contribution in [0.4, 0.5) is 0 Å². The molecular weight excluding hydrogens is 386 g/mol. The van der Waals surface area contributed by atoms with E-state index in [1.54, 1.807) is 0 Å². The Morgan fingerprint density at radius 1 is 0.438 bits per heavy atom. The zero-order valence-electron chi connectivity index (χ0n) is 22.2. The molecule has 1 heterocycles. The third kappa shape index (κ3) is 18.7. The topological polar surface area (TPSA) is 3.88 Å². The van der Waals surface area contributed by atoms with Crippen molar-refractivity contribution in [2.75, 3.05) is 0 Å². The maximum atomic E-state index is 2.38. The zero-order chi connectivity index (χ0) is 23.0. The van der Waals surface area contributed by atoms with E-state index in [0.717, 1.165) is 0 Å². The number of aryl methyl sites for hydroxylation is 2. The molecule has 1 nitrogen and oxygen atoms in total. The van der Waals surface area contributed by atoms with Crippen LogP contribution in [0.3, 0.4) is 0 Å². The van der Waals surface area contributed by atoms with Gasteiger partial charge in [0.05, 0.1) is 0 Å². The van der Waals surface area contributed by atoms with E-state index in [2.05, 4.69) is 42.9 Å². The lowest BCUT2D eigenvalue weighted by molar-refractivity contribution is -0.697. The summed E-state index contributed by atoms with van der Waals surface area (Å²) < 4.78 is 2.38. The van der Waals surface area contributed by atoms with Gasteiger partial charge < -0.3 is 0 Å². The molecule has 0 aliphatic rings. The molecule has 0 aliphatic heterocycles. The van der Waals surface area contributed by atoms with Crippen LogP contribution in [0.25, 0.3) is 0 Å². The number of rotatable bonds is 24. The molecule has 0 spiro atoms. The molecule has 0 saturated carbocycles. The Balaban J connectivity index is 1.87. The fourth-order valence-corrected chi connectivity index (χ4v) is 4.76. The number of hydrogen-bond donors (Lipinski definition) is 0. The monoisotopic (exact) mass is 444 g/mol.